The number of urea groups is 1. The first-order valence-corrected chi connectivity index (χ1v) is 7.93. The monoisotopic (exact) mass is 294 g/mol. The summed E-state index contributed by atoms with van der Waals surface area (Å²) in [5.41, 5.74) is 0.293. The van der Waals surface area contributed by atoms with Crippen LogP contribution in [0.4, 0.5) is 4.79 Å². The molecule has 0 spiro atoms. The lowest BCUT2D eigenvalue weighted by molar-refractivity contribution is 0.220. The van der Waals surface area contributed by atoms with E-state index in [1.165, 1.54) is 25.7 Å². The fraction of sp³-hybridized carbons (Fsp3) is 0.800. The van der Waals surface area contributed by atoms with E-state index in [0.29, 0.717) is 17.1 Å². The van der Waals surface area contributed by atoms with Gasteiger partial charge in [-0.25, -0.2) is 4.79 Å². The van der Waals surface area contributed by atoms with E-state index in [1.807, 2.05) is 6.92 Å². The van der Waals surface area contributed by atoms with Crippen LogP contribution in [0.25, 0.3) is 0 Å². The molecule has 1 fully saturated rings. The predicted octanol–water partition coefficient (Wildman–Crippen LogP) is 3.10. The molecule has 0 aliphatic heterocycles. The van der Waals surface area contributed by atoms with Crippen molar-refractivity contribution >= 4 is 6.03 Å². The van der Waals surface area contributed by atoms with Crippen LogP contribution in [0.2, 0.25) is 0 Å². The Hall–Kier alpha value is -1.59. The van der Waals surface area contributed by atoms with Crippen LogP contribution in [0.3, 0.4) is 0 Å². The summed E-state index contributed by atoms with van der Waals surface area (Å²) in [4.78, 5) is 16.3. The Morgan fingerprint density at radius 1 is 1.38 bits per heavy atom. The zero-order valence-corrected chi connectivity index (χ0v) is 13.2. The molecule has 1 heterocycles. The molecule has 0 bridgehead atoms. The van der Waals surface area contributed by atoms with Gasteiger partial charge < -0.3 is 15.2 Å². The maximum absolute atomic E-state index is 12.1. The lowest BCUT2D eigenvalue weighted by Crippen LogP contribution is -2.43. The van der Waals surface area contributed by atoms with Gasteiger partial charge in [0.15, 0.2) is 5.82 Å². The molecule has 0 saturated heterocycles. The quantitative estimate of drug-likeness (QED) is 0.845. The standard InChI is InChI=1S/C15H26N4O2/c1-4-12(13-17-11(3)21-19-13)18-14(20)16-10-15(5-2)8-6-7-9-15/h12H,4-10H2,1-3H3,(H2,16,18,20)/t12-/m1/s1. The Kier molecular flexibility index (Phi) is 5.20. The molecule has 1 aromatic heterocycles. The van der Waals surface area contributed by atoms with Crippen molar-refractivity contribution in [2.75, 3.05) is 6.54 Å². The Labute approximate surface area is 126 Å². The van der Waals surface area contributed by atoms with Crippen molar-refractivity contribution in [2.45, 2.75) is 65.3 Å². The Morgan fingerprint density at radius 2 is 2.10 bits per heavy atom. The Balaban J connectivity index is 1.85. The van der Waals surface area contributed by atoms with Crippen LogP contribution in [0.5, 0.6) is 0 Å². The summed E-state index contributed by atoms with van der Waals surface area (Å²) in [5.74, 6) is 1.05. The normalized spacial score (nSPS) is 18.4. The summed E-state index contributed by atoms with van der Waals surface area (Å²) in [5, 5.41) is 9.83. The van der Waals surface area contributed by atoms with Crippen LogP contribution in [0.1, 0.15) is 70.1 Å². The van der Waals surface area contributed by atoms with Gasteiger partial charge in [-0.05, 0) is 31.1 Å². The zero-order chi connectivity index (χ0) is 15.3. The van der Waals surface area contributed by atoms with Crippen molar-refractivity contribution in [3.05, 3.63) is 11.7 Å². The smallest absolute Gasteiger partial charge is 0.315 e. The second kappa shape index (κ2) is 6.91. The number of aromatic nitrogens is 2. The highest BCUT2D eigenvalue weighted by Crippen LogP contribution is 2.40. The molecule has 2 rings (SSSR count). The molecule has 118 valence electrons. The zero-order valence-electron chi connectivity index (χ0n) is 13.2. The average molecular weight is 294 g/mol. The van der Waals surface area contributed by atoms with E-state index >= 15 is 0 Å². The molecule has 21 heavy (non-hydrogen) atoms. The van der Waals surface area contributed by atoms with Crippen molar-refractivity contribution < 1.29 is 9.32 Å². The van der Waals surface area contributed by atoms with Crippen LogP contribution in [0.15, 0.2) is 4.52 Å². The first kappa shape index (κ1) is 15.8. The van der Waals surface area contributed by atoms with E-state index in [4.69, 9.17) is 4.52 Å². The number of aryl methyl sites for hydroxylation is 1. The molecule has 2 N–H and O–H groups in total. The molecular formula is C15H26N4O2. The van der Waals surface area contributed by atoms with E-state index < -0.39 is 0 Å². The van der Waals surface area contributed by atoms with Gasteiger partial charge in [0.05, 0.1) is 6.04 Å². The fourth-order valence-corrected chi connectivity index (χ4v) is 3.06. The molecule has 0 radical (unpaired) electrons. The first-order valence-electron chi connectivity index (χ1n) is 7.93. The molecule has 1 atom stereocenters. The van der Waals surface area contributed by atoms with Crippen LogP contribution in [-0.4, -0.2) is 22.7 Å². The minimum atomic E-state index is -0.205. The average Bonchev–Trinajstić information content (AvgIpc) is 3.12. The summed E-state index contributed by atoms with van der Waals surface area (Å²) in [6.45, 7) is 6.69. The van der Waals surface area contributed by atoms with E-state index in [1.54, 1.807) is 6.92 Å². The lowest BCUT2D eigenvalue weighted by Gasteiger charge is -2.28. The van der Waals surface area contributed by atoms with Crippen LogP contribution in [-0.2, 0) is 0 Å². The van der Waals surface area contributed by atoms with Crippen LogP contribution >= 0.6 is 0 Å². The summed E-state index contributed by atoms with van der Waals surface area (Å²) in [7, 11) is 0. The van der Waals surface area contributed by atoms with Crippen molar-refractivity contribution in [1.29, 1.82) is 0 Å². The van der Waals surface area contributed by atoms with E-state index in [-0.39, 0.29) is 12.1 Å². The molecule has 0 aromatic carbocycles. The number of rotatable bonds is 6. The van der Waals surface area contributed by atoms with Crippen molar-refractivity contribution in [1.82, 2.24) is 20.8 Å². The van der Waals surface area contributed by atoms with Crippen molar-refractivity contribution in [3.63, 3.8) is 0 Å². The lowest BCUT2D eigenvalue weighted by atomic mass is 9.83. The molecule has 1 saturated carbocycles. The Morgan fingerprint density at radius 3 is 2.62 bits per heavy atom. The number of carbonyl (C=O) groups is 1. The summed E-state index contributed by atoms with van der Waals surface area (Å²) >= 11 is 0. The second-order valence-corrected chi connectivity index (χ2v) is 6.02. The summed E-state index contributed by atoms with van der Waals surface area (Å²) in [6, 6.07) is -0.354. The van der Waals surface area contributed by atoms with Gasteiger partial charge in [0.1, 0.15) is 0 Å². The van der Waals surface area contributed by atoms with Gasteiger partial charge in [-0.1, -0.05) is 31.8 Å². The van der Waals surface area contributed by atoms with Gasteiger partial charge >= 0.3 is 6.03 Å². The van der Waals surface area contributed by atoms with Crippen LogP contribution < -0.4 is 10.6 Å². The molecule has 1 aliphatic rings. The van der Waals surface area contributed by atoms with Crippen molar-refractivity contribution in [3.8, 4) is 0 Å². The highest BCUT2D eigenvalue weighted by molar-refractivity contribution is 5.74. The van der Waals surface area contributed by atoms with E-state index in [2.05, 4.69) is 27.7 Å². The number of hydrogen-bond donors (Lipinski definition) is 2. The Bertz CT molecular complexity index is 466. The predicted molar refractivity (Wildman–Crippen MR) is 79.8 cm³/mol. The molecular weight excluding hydrogens is 268 g/mol. The summed E-state index contributed by atoms with van der Waals surface area (Å²) < 4.78 is 4.97. The number of carbonyl (C=O) groups excluding carboxylic acids is 1. The third kappa shape index (κ3) is 3.95. The van der Waals surface area contributed by atoms with Crippen molar-refractivity contribution in [2.24, 2.45) is 5.41 Å². The maximum atomic E-state index is 12.1. The highest BCUT2D eigenvalue weighted by atomic mass is 16.5. The number of nitrogens with one attached hydrogen (secondary N) is 2. The molecule has 2 amide bonds. The van der Waals surface area contributed by atoms with Gasteiger partial charge in [-0.15, -0.1) is 0 Å². The van der Waals surface area contributed by atoms with Gasteiger partial charge in [0, 0.05) is 13.5 Å². The topological polar surface area (TPSA) is 80.0 Å². The van der Waals surface area contributed by atoms with Gasteiger partial charge in [-0.3, -0.25) is 0 Å². The maximum Gasteiger partial charge on any atom is 0.315 e. The number of nitrogens with zero attached hydrogens (tertiary/aromatic N) is 2. The largest absolute Gasteiger partial charge is 0.340 e. The minimum absolute atomic E-state index is 0.149. The van der Waals surface area contributed by atoms with Gasteiger partial charge in [-0.2, -0.15) is 4.98 Å². The molecule has 6 heteroatoms. The second-order valence-electron chi connectivity index (χ2n) is 6.02. The summed E-state index contributed by atoms with van der Waals surface area (Å²) in [6.07, 6.45) is 6.82. The third-order valence-electron chi connectivity index (χ3n) is 4.61. The van der Waals surface area contributed by atoms with Gasteiger partial charge in [0.25, 0.3) is 0 Å². The van der Waals surface area contributed by atoms with Gasteiger partial charge in [0.2, 0.25) is 5.89 Å². The fourth-order valence-electron chi connectivity index (χ4n) is 3.06. The molecule has 0 unspecified atom stereocenters. The molecule has 1 aliphatic carbocycles. The number of amides is 2. The first-order chi connectivity index (χ1) is 10.1. The molecule has 1 aromatic rings. The van der Waals surface area contributed by atoms with E-state index in [0.717, 1.165) is 19.4 Å². The van der Waals surface area contributed by atoms with Crippen LogP contribution in [0, 0.1) is 12.3 Å². The third-order valence-corrected chi connectivity index (χ3v) is 4.61. The molecule has 6 nitrogen and oxygen atoms in total. The highest BCUT2D eigenvalue weighted by Gasteiger charge is 2.32. The van der Waals surface area contributed by atoms with E-state index in [9.17, 15) is 4.79 Å². The SMILES string of the molecule is CC[C@@H](NC(=O)NCC1(CC)CCCC1)c1noc(C)n1. The minimum Gasteiger partial charge on any atom is -0.340 e. The number of hydrogen-bond acceptors (Lipinski definition) is 4.